The van der Waals surface area contributed by atoms with Gasteiger partial charge in [-0.15, -0.1) is 0 Å². The molecule has 0 N–H and O–H groups in total. The van der Waals surface area contributed by atoms with Crippen molar-refractivity contribution in [3.8, 4) is 0 Å². The fraction of sp³-hybridized carbons (Fsp3) is 0.231. The van der Waals surface area contributed by atoms with Crippen molar-refractivity contribution in [2.75, 3.05) is 7.11 Å². The monoisotopic (exact) mass is 234 g/mol. The van der Waals surface area contributed by atoms with Gasteiger partial charge in [0, 0.05) is 11.1 Å². The van der Waals surface area contributed by atoms with Gasteiger partial charge in [0.15, 0.2) is 11.5 Å². The number of carbonyl (C=O) groups excluding carboxylic acids is 2. The summed E-state index contributed by atoms with van der Waals surface area (Å²) in [5.41, 5.74) is 0.231. The lowest BCUT2D eigenvalue weighted by atomic mass is 9.87. The fourth-order valence-corrected chi connectivity index (χ4v) is 2.00. The highest BCUT2D eigenvalue weighted by molar-refractivity contribution is 6.26. The summed E-state index contributed by atoms with van der Waals surface area (Å²) in [6.07, 6.45) is 0.379. The third-order valence-corrected chi connectivity index (χ3v) is 2.80. The quantitative estimate of drug-likeness (QED) is 0.789. The number of benzene rings is 1. The molecular formula is C13H11FO3. The highest BCUT2D eigenvalue weighted by Gasteiger charge is 2.34. The fourth-order valence-electron chi connectivity index (χ4n) is 2.00. The second kappa shape index (κ2) is 4.13. The van der Waals surface area contributed by atoms with Crippen molar-refractivity contribution in [1.82, 2.24) is 0 Å². The first kappa shape index (κ1) is 11.5. The molecule has 88 valence electrons. The summed E-state index contributed by atoms with van der Waals surface area (Å²) in [4.78, 5) is 24.1. The molecule has 0 atom stereocenters. The molecule has 0 unspecified atom stereocenters. The van der Waals surface area contributed by atoms with Gasteiger partial charge in [-0.05, 0) is 12.5 Å². The summed E-state index contributed by atoms with van der Waals surface area (Å²) in [5, 5.41) is 0. The molecule has 0 aliphatic heterocycles. The Balaban J connectivity index is 2.73. The van der Waals surface area contributed by atoms with Gasteiger partial charge >= 0.3 is 0 Å². The first-order valence-corrected chi connectivity index (χ1v) is 5.26. The Hall–Kier alpha value is -1.97. The molecule has 0 bridgehead atoms. The predicted molar refractivity (Wildman–Crippen MR) is 59.4 cm³/mol. The first-order chi connectivity index (χ1) is 8.11. The first-order valence-electron chi connectivity index (χ1n) is 5.26. The van der Waals surface area contributed by atoms with Gasteiger partial charge in [-0.2, -0.15) is 0 Å². The average Bonchev–Trinajstić information content (AvgIpc) is 2.33. The van der Waals surface area contributed by atoms with Crippen molar-refractivity contribution < 1.29 is 18.7 Å². The molecule has 3 nitrogen and oxygen atoms in total. The predicted octanol–water partition coefficient (Wildman–Crippen LogP) is 2.52. The number of fused-ring (bicyclic) bond motifs is 1. The van der Waals surface area contributed by atoms with Crippen molar-refractivity contribution >= 4 is 11.6 Å². The zero-order chi connectivity index (χ0) is 12.6. The van der Waals surface area contributed by atoms with Crippen molar-refractivity contribution in [2.24, 2.45) is 0 Å². The molecule has 0 radical (unpaired) electrons. The van der Waals surface area contributed by atoms with E-state index < -0.39 is 11.6 Å². The van der Waals surface area contributed by atoms with Crippen LogP contribution in [0.4, 0.5) is 4.39 Å². The van der Waals surface area contributed by atoms with Crippen molar-refractivity contribution in [1.29, 1.82) is 0 Å². The lowest BCUT2D eigenvalue weighted by Gasteiger charge is -2.19. The molecule has 0 heterocycles. The lowest BCUT2D eigenvalue weighted by Crippen LogP contribution is -2.24. The Morgan fingerprint density at radius 3 is 2.53 bits per heavy atom. The molecule has 0 saturated heterocycles. The molecule has 0 aromatic heterocycles. The van der Waals surface area contributed by atoms with Crippen LogP contribution in [-0.4, -0.2) is 18.7 Å². The van der Waals surface area contributed by atoms with E-state index in [-0.39, 0.29) is 22.7 Å². The molecule has 17 heavy (non-hydrogen) atoms. The Kier molecular flexibility index (Phi) is 2.79. The van der Waals surface area contributed by atoms with Gasteiger partial charge in [0.05, 0.1) is 12.7 Å². The van der Waals surface area contributed by atoms with Gasteiger partial charge < -0.3 is 4.74 Å². The number of ketones is 2. The van der Waals surface area contributed by atoms with Crippen LogP contribution >= 0.6 is 0 Å². The van der Waals surface area contributed by atoms with E-state index >= 15 is 0 Å². The van der Waals surface area contributed by atoms with E-state index in [1.54, 1.807) is 6.92 Å². The van der Waals surface area contributed by atoms with Crippen LogP contribution in [0, 0.1) is 5.82 Å². The smallest absolute Gasteiger partial charge is 0.231 e. The van der Waals surface area contributed by atoms with E-state index in [0.717, 1.165) is 6.07 Å². The highest BCUT2D eigenvalue weighted by atomic mass is 19.1. The minimum absolute atomic E-state index is 0.0462. The van der Waals surface area contributed by atoms with E-state index in [2.05, 4.69) is 0 Å². The third kappa shape index (κ3) is 1.56. The SMILES string of the molecule is CCC1=C(OC)C(=O)c2c(F)cccc2C1=O. The van der Waals surface area contributed by atoms with Crippen LogP contribution in [0.5, 0.6) is 0 Å². The number of carbonyl (C=O) groups is 2. The minimum atomic E-state index is -0.689. The number of allylic oxidation sites excluding steroid dienone is 2. The molecule has 0 spiro atoms. The van der Waals surface area contributed by atoms with Gasteiger partial charge in [-0.3, -0.25) is 9.59 Å². The highest BCUT2D eigenvalue weighted by Crippen LogP contribution is 2.29. The largest absolute Gasteiger partial charge is 0.492 e. The molecule has 1 aromatic rings. The number of methoxy groups -OCH3 is 1. The zero-order valence-corrected chi connectivity index (χ0v) is 9.54. The summed E-state index contributed by atoms with van der Waals surface area (Å²) in [5.74, 6) is -1.63. The summed E-state index contributed by atoms with van der Waals surface area (Å²) in [7, 11) is 1.31. The van der Waals surface area contributed by atoms with Crippen LogP contribution < -0.4 is 0 Å². The number of ether oxygens (including phenoxy) is 1. The zero-order valence-electron chi connectivity index (χ0n) is 9.54. The number of hydrogen-bond donors (Lipinski definition) is 0. The molecule has 0 fully saturated rings. The van der Waals surface area contributed by atoms with E-state index in [1.165, 1.54) is 19.2 Å². The summed E-state index contributed by atoms with van der Waals surface area (Å²) in [6, 6.07) is 4.04. The maximum atomic E-state index is 13.6. The Labute approximate surface area is 97.9 Å². The number of rotatable bonds is 2. The Morgan fingerprint density at radius 2 is 1.94 bits per heavy atom. The van der Waals surface area contributed by atoms with Crippen LogP contribution in [0.1, 0.15) is 34.1 Å². The molecule has 1 aliphatic carbocycles. The second-order valence-corrected chi connectivity index (χ2v) is 3.69. The van der Waals surface area contributed by atoms with E-state index in [0.29, 0.717) is 12.0 Å². The van der Waals surface area contributed by atoms with Crippen LogP contribution in [0.2, 0.25) is 0 Å². The summed E-state index contributed by atoms with van der Waals surface area (Å²) >= 11 is 0. The van der Waals surface area contributed by atoms with Gasteiger partial charge in [0.2, 0.25) is 5.78 Å². The number of hydrogen-bond acceptors (Lipinski definition) is 3. The van der Waals surface area contributed by atoms with Crippen molar-refractivity contribution in [3.05, 3.63) is 46.5 Å². The van der Waals surface area contributed by atoms with Gasteiger partial charge in [-0.1, -0.05) is 19.1 Å². The number of halogens is 1. The molecule has 0 saturated carbocycles. The molecular weight excluding hydrogens is 223 g/mol. The van der Waals surface area contributed by atoms with Gasteiger partial charge in [0.25, 0.3) is 0 Å². The van der Waals surface area contributed by atoms with Crippen molar-refractivity contribution in [3.63, 3.8) is 0 Å². The van der Waals surface area contributed by atoms with E-state index in [4.69, 9.17) is 4.74 Å². The normalized spacial score (nSPS) is 15.0. The van der Waals surface area contributed by atoms with Gasteiger partial charge in [-0.25, -0.2) is 4.39 Å². The number of Topliss-reactive ketones (excluding diaryl/α,β-unsaturated/α-hetero) is 2. The van der Waals surface area contributed by atoms with E-state index in [1.807, 2.05) is 0 Å². The minimum Gasteiger partial charge on any atom is -0.492 e. The molecule has 1 aliphatic rings. The molecule has 2 rings (SSSR count). The van der Waals surface area contributed by atoms with Crippen LogP contribution in [0.15, 0.2) is 29.5 Å². The average molecular weight is 234 g/mol. The lowest BCUT2D eigenvalue weighted by molar-refractivity contribution is 0.0899. The third-order valence-electron chi connectivity index (χ3n) is 2.80. The van der Waals surface area contributed by atoms with Crippen LogP contribution in [0.25, 0.3) is 0 Å². The second-order valence-electron chi connectivity index (χ2n) is 3.69. The maximum absolute atomic E-state index is 13.6. The van der Waals surface area contributed by atoms with Crippen LogP contribution in [0.3, 0.4) is 0 Å². The Morgan fingerprint density at radius 1 is 1.24 bits per heavy atom. The van der Waals surface area contributed by atoms with E-state index in [9.17, 15) is 14.0 Å². The topological polar surface area (TPSA) is 43.4 Å². The molecule has 1 aromatic carbocycles. The van der Waals surface area contributed by atoms with Crippen LogP contribution in [-0.2, 0) is 4.74 Å². The molecule has 0 amide bonds. The molecule has 4 heteroatoms. The summed E-state index contributed by atoms with van der Waals surface area (Å²) < 4.78 is 18.5. The van der Waals surface area contributed by atoms with Crippen molar-refractivity contribution in [2.45, 2.75) is 13.3 Å². The maximum Gasteiger partial charge on any atom is 0.231 e. The summed E-state index contributed by atoms with van der Waals surface area (Å²) in [6.45, 7) is 1.75. The standard InChI is InChI=1S/C13H11FO3/c1-3-7-11(15)8-5-4-6-9(14)10(8)12(16)13(7)17-2/h4-6H,3H2,1-2H3. The van der Waals surface area contributed by atoms with Gasteiger partial charge in [0.1, 0.15) is 5.82 Å². The Bertz CT molecular complexity index is 544.